The molecule has 2 heterocycles. The number of aryl methyl sites for hydroxylation is 1. The fourth-order valence-corrected chi connectivity index (χ4v) is 2.08. The second-order valence-corrected chi connectivity index (χ2v) is 4.25. The monoisotopic (exact) mass is 244 g/mol. The van der Waals surface area contributed by atoms with Crippen LogP contribution in [0.1, 0.15) is 22.5 Å². The SMILES string of the molecule is O=C(O)c1cc(-c2ccc3c(c2)OCCC3)n[nH]1. The average Bonchev–Trinajstić information content (AvgIpc) is 2.88. The minimum Gasteiger partial charge on any atom is -0.493 e. The van der Waals surface area contributed by atoms with Gasteiger partial charge < -0.3 is 9.84 Å². The fraction of sp³-hybridized carbons (Fsp3) is 0.231. The number of carbonyl (C=O) groups is 1. The van der Waals surface area contributed by atoms with E-state index < -0.39 is 5.97 Å². The second-order valence-electron chi connectivity index (χ2n) is 4.25. The van der Waals surface area contributed by atoms with Crippen LogP contribution in [0.3, 0.4) is 0 Å². The lowest BCUT2D eigenvalue weighted by Crippen LogP contribution is -2.08. The van der Waals surface area contributed by atoms with E-state index in [9.17, 15) is 4.79 Å². The molecular weight excluding hydrogens is 232 g/mol. The van der Waals surface area contributed by atoms with E-state index in [2.05, 4.69) is 10.2 Å². The zero-order valence-electron chi connectivity index (χ0n) is 9.64. The first-order valence-corrected chi connectivity index (χ1v) is 5.79. The number of carboxylic acid groups (broad SMARTS) is 1. The minimum absolute atomic E-state index is 0.0867. The van der Waals surface area contributed by atoms with E-state index in [1.807, 2.05) is 18.2 Å². The Balaban J connectivity index is 1.98. The standard InChI is InChI=1S/C13H12N2O3/c16-13(17)11-7-10(14-15-11)9-4-3-8-2-1-5-18-12(8)6-9/h3-4,6-7H,1-2,5H2,(H,14,15)(H,16,17). The zero-order chi connectivity index (χ0) is 12.5. The highest BCUT2D eigenvalue weighted by atomic mass is 16.5. The Labute approximate surface area is 103 Å². The molecule has 5 nitrogen and oxygen atoms in total. The number of H-pyrrole nitrogens is 1. The Kier molecular flexibility index (Phi) is 2.51. The number of nitrogens with one attached hydrogen (secondary N) is 1. The van der Waals surface area contributed by atoms with Gasteiger partial charge >= 0.3 is 5.97 Å². The number of rotatable bonds is 2. The summed E-state index contributed by atoms with van der Waals surface area (Å²) in [4.78, 5) is 10.8. The van der Waals surface area contributed by atoms with Crippen molar-refractivity contribution in [3.63, 3.8) is 0 Å². The summed E-state index contributed by atoms with van der Waals surface area (Å²) in [5, 5.41) is 15.3. The average molecular weight is 244 g/mol. The summed E-state index contributed by atoms with van der Waals surface area (Å²) in [5.41, 5.74) is 2.76. The number of carboxylic acids is 1. The number of fused-ring (bicyclic) bond motifs is 1. The number of hydrogen-bond donors (Lipinski definition) is 2. The predicted molar refractivity (Wildman–Crippen MR) is 64.8 cm³/mol. The van der Waals surface area contributed by atoms with E-state index in [-0.39, 0.29) is 5.69 Å². The molecule has 5 heteroatoms. The number of ether oxygens (including phenoxy) is 1. The maximum absolute atomic E-state index is 10.8. The molecule has 0 saturated carbocycles. The molecule has 2 N–H and O–H groups in total. The van der Waals surface area contributed by atoms with Gasteiger partial charge in [-0.1, -0.05) is 12.1 Å². The molecule has 2 aromatic rings. The van der Waals surface area contributed by atoms with Gasteiger partial charge in [-0.15, -0.1) is 0 Å². The van der Waals surface area contributed by atoms with Gasteiger partial charge in [0.2, 0.25) is 0 Å². The van der Waals surface area contributed by atoms with Gasteiger partial charge in [0.15, 0.2) is 0 Å². The quantitative estimate of drug-likeness (QED) is 0.848. The van der Waals surface area contributed by atoms with Gasteiger partial charge in [0.05, 0.1) is 12.3 Å². The van der Waals surface area contributed by atoms with E-state index in [0.29, 0.717) is 5.69 Å². The van der Waals surface area contributed by atoms with Gasteiger partial charge in [-0.2, -0.15) is 5.10 Å². The predicted octanol–water partition coefficient (Wildman–Crippen LogP) is 2.10. The lowest BCUT2D eigenvalue weighted by molar-refractivity contribution is 0.0690. The Hall–Kier alpha value is -2.30. The molecule has 0 fully saturated rings. The molecule has 1 aliphatic heterocycles. The van der Waals surface area contributed by atoms with Crippen molar-refractivity contribution in [1.82, 2.24) is 10.2 Å². The van der Waals surface area contributed by atoms with Gasteiger partial charge in [-0.3, -0.25) is 5.10 Å². The zero-order valence-corrected chi connectivity index (χ0v) is 9.64. The molecule has 0 radical (unpaired) electrons. The number of nitrogens with zero attached hydrogens (tertiary/aromatic N) is 1. The Bertz CT molecular complexity index is 604. The van der Waals surface area contributed by atoms with E-state index in [0.717, 1.165) is 30.8 Å². The number of aromatic nitrogens is 2. The summed E-state index contributed by atoms with van der Waals surface area (Å²) in [6, 6.07) is 7.39. The minimum atomic E-state index is -1.01. The molecule has 1 aliphatic rings. The van der Waals surface area contributed by atoms with Gasteiger partial charge in [-0.25, -0.2) is 4.79 Å². The Morgan fingerprint density at radius 3 is 3.06 bits per heavy atom. The summed E-state index contributed by atoms with van der Waals surface area (Å²) in [6.45, 7) is 0.734. The summed E-state index contributed by atoms with van der Waals surface area (Å²) >= 11 is 0. The molecule has 0 unspecified atom stereocenters. The van der Waals surface area contributed by atoms with Crippen LogP contribution in [0.15, 0.2) is 24.3 Å². The third-order valence-corrected chi connectivity index (χ3v) is 3.02. The highest BCUT2D eigenvalue weighted by Gasteiger charge is 2.14. The van der Waals surface area contributed by atoms with Gasteiger partial charge in [0, 0.05) is 5.56 Å². The summed E-state index contributed by atoms with van der Waals surface area (Å²) in [6.07, 6.45) is 2.06. The smallest absolute Gasteiger partial charge is 0.353 e. The van der Waals surface area contributed by atoms with Crippen molar-refractivity contribution < 1.29 is 14.6 Å². The molecule has 1 aromatic carbocycles. The molecule has 0 amide bonds. The van der Waals surface area contributed by atoms with Crippen LogP contribution in [0.5, 0.6) is 5.75 Å². The topological polar surface area (TPSA) is 75.2 Å². The maximum atomic E-state index is 10.8. The van der Waals surface area contributed by atoms with Crippen LogP contribution in [-0.2, 0) is 6.42 Å². The largest absolute Gasteiger partial charge is 0.493 e. The first-order valence-electron chi connectivity index (χ1n) is 5.79. The molecule has 0 spiro atoms. The summed E-state index contributed by atoms with van der Waals surface area (Å²) in [7, 11) is 0. The van der Waals surface area contributed by atoms with E-state index in [4.69, 9.17) is 9.84 Å². The molecule has 0 atom stereocenters. The molecule has 1 aromatic heterocycles. The van der Waals surface area contributed by atoms with Crippen molar-refractivity contribution >= 4 is 5.97 Å². The number of aromatic carboxylic acids is 1. The Morgan fingerprint density at radius 2 is 2.28 bits per heavy atom. The van der Waals surface area contributed by atoms with Crippen LogP contribution in [0.4, 0.5) is 0 Å². The van der Waals surface area contributed by atoms with Crippen molar-refractivity contribution in [1.29, 1.82) is 0 Å². The molecule has 0 saturated heterocycles. The van der Waals surface area contributed by atoms with Gasteiger partial charge in [-0.05, 0) is 30.5 Å². The van der Waals surface area contributed by atoms with Crippen LogP contribution >= 0.6 is 0 Å². The normalized spacial score (nSPS) is 13.8. The highest BCUT2D eigenvalue weighted by molar-refractivity contribution is 5.86. The summed E-state index contributed by atoms with van der Waals surface area (Å²) in [5.74, 6) is -0.137. The van der Waals surface area contributed by atoms with Crippen molar-refractivity contribution in [2.24, 2.45) is 0 Å². The van der Waals surface area contributed by atoms with Crippen LogP contribution in [-0.4, -0.2) is 27.9 Å². The number of aromatic amines is 1. The number of hydrogen-bond acceptors (Lipinski definition) is 3. The lowest BCUT2D eigenvalue weighted by atomic mass is 10.0. The maximum Gasteiger partial charge on any atom is 0.353 e. The van der Waals surface area contributed by atoms with Crippen molar-refractivity contribution in [3.05, 3.63) is 35.5 Å². The van der Waals surface area contributed by atoms with Gasteiger partial charge in [0.25, 0.3) is 0 Å². The third-order valence-electron chi connectivity index (χ3n) is 3.02. The molecule has 92 valence electrons. The highest BCUT2D eigenvalue weighted by Crippen LogP contribution is 2.29. The van der Waals surface area contributed by atoms with Crippen LogP contribution in [0, 0.1) is 0 Å². The first kappa shape index (κ1) is 10.8. The van der Waals surface area contributed by atoms with Crippen LogP contribution < -0.4 is 4.74 Å². The van der Waals surface area contributed by atoms with Crippen molar-refractivity contribution in [2.75, 3.05) is 6.61 Å². The number of benzene rings is 1. The first-order chi connectivity index (χ1) is 8.74. The molecule has 0 bridgehead atoms. The Morgan fingerprint density at radius 1 is 1.39 bits per heavy atom. The van der Waals surface area contributed by atoms with E-state index in [1.54, 1.807) is 0 Å². The van der Waals surface area contributed by atoms with Gasteiger partial charge in [0.1, 0.15) is 11.4 Å². The lowest BCUT2D eigenvalue weighted by Gasteiger charge is -2.17. The molecule has 3 rings (SSSR count). The summed E-state index contributed by atoms with van der Waals surface area (Å²) < 4.78 is 5.59. The van der Waals surface area contributed by atoms with Crippen LogP contribution in [0.25, 0.3) is 11.3 Å². The molecule has 0 aliphatic carbocycles. The van der Waals surface area contributed by atoms with E-state index >= 15 is 0 Å². The molecular formula is C13H12N2O3. The molecule has 18 heavy (non-hydrogen) atoms. The fourth-order valence-electron chi connectivity index (χ4n) is 2.08. The van der Waals surface area contributed by atoms with Crippen molar-refractivity contribution in [3.8, 4) is 17.0 Å². The van der Waals surface area contributed by atoms with Crippen LogP contribution in [0.2, 0.25) is 0 Å². The second kappa shape index (κ2) is 4.18. The van der Waals surface area contributed by atoms with Crippen molar-refractivity contribution in [2.45, 2.75) is 12.8 Å². The third kappa shape index (κ3) is 1.84. The van der Waals surface area contributed by atoms with E-state index in [1.165, 1.54) is 11.6 Å².